The van der Waals surface area contributed by atoms with E-state index in [-0.39, 0.29) is 6.54 Å². The second kappa shape index (κ2) is 7.81. The molecule has 1 aliphatic rings. The van der Waals surface area contributed by atoms with Crippen LogP contribution < -0.4 is 10.7 Å². The van der Waals surface area contributed by atoms with E-state index >= 15 is 0 Å². The molecule has 0 aromatic heterocycles. The Labute approximate surface area is 147 Å². The maximum atomic E-state index is 10.8. The maximum absolute atomic E-state index is 10.8. The van der Waals surface area contributed by atoms with Gasteiger partial charge in [0.25, 0.3) is 0 Å². The number of carboxylic acid groups (broad SMARTS) is 1. The first-order valence-corrected chi connectivity index (χ1v) is 8.28. The Bertz CT molecular complexity index is 733. The van der Waals surface area contributed by atoms with Gasteiger partial charge in [-0.1, -0.05) is 36.4 Å². The van der Waals surface area contributed by atoms with Crippen molar-refractivity contribution in [1.29, 1.82) is 0 Å². The van der Waals surface area contributed by atoms with E-state index in [0.29, 0.717) is 0 Å². The highest BCUT2D eigenvalue weighted by Gasteiger charge is 2.18. The summed E-state index contributed by atoms with van der Waals surface area (Å²) in [5.74, 6) is 4.40. The van der Waals surface area contributed by atoms with Gasteiger partial charge in [0.05, 0.1) is 12.8 Å². The highest BCUT2D eigenvalue weighted by molar-refractivity contribution is 5.80. The summed E-state index contributed by atoms with van der Waals surface area (Å²) in [5, 5.41) is 12.4. The van der Waals surface area contributed by atoms with Crippen molar-refractivity contribution >= 4 is 17.9 Å². The Morgan fingerprint density at radius 3 is 2.08 bits per heavy atom. The van der Waals surface area contributed by atoms with Crippen LogP contribution in [-0.2, 0) is 4.79 Å². The summed E-state index contributed by atoms with van der Waals surface area (Å²) in [7, 11) is 0. The quantitative estimate of drug-likeness (QED) is 0.494. The number of benzene rings is 2. The summed E-state index contributed by atoms with van der Waals surface area (Å²) in [6, 6.07) is 16.6. The van der Waals surface area contributed by atoms with E-state index < -0.39 is 5.97 Å². The summed E-state index contributed by atoms with van der Waals surface area (Å²) in [5.41, 5.74) is 4.45. The third-order valence-corrected chi connectivity index (χ3v) is 4.43. The van der Waals surface area contributed by atoms with Gasteiger partial charge >= 0.3 is 5.97 Å². The van der Waals surface area contributed by atoms with E-state index in [0.717, 1.165) is 42.9 Å². The van der Waals surface area contributed by atoms with E-state index in [2.05, 4.69) is 46.4 Å². The van der Waals surface area contributed by atoms with Crippen molar-refractivity contribution in [2.45, 2.75) is 0 Å². The molecule has 1 fully saturated rings. The third kappa shape index (κ3) is 4.36. The molecule has 130 valence electrons. The van der Waals surface area contributed by atoms with Crippen molar-refractivity contribution in [1.82, 2.24) is 4.90 Å². The van der Waals surface area contributed by atoms with Gasteiger partial charge in [-0.05, 0) is 28.8 Å². The van der Waals surface area contributed by atoms with Crippen LogP contribution in [0.15, 0.2) is 53.6 Å². The molecule has 6 nitrogen and oxygen atoms in total. The van der Waals surface area contributed by atoms with Gasteiger partial charge in [-0.25, -0.2) is 0 Å². The minimum absolute atomic E-state index is 0.123. The van der Waals surface area contributed by atoms with Crippen LogP contribution in [0.1, 0.15) is 5.56 Å². The smallest absolute Gasteiger partial charge is 0.317 e. The average molecular weight is 338 g/mol. The number of nitrogens with two attached hydrogens (primary N) is 1. The first-order valence-electron chi connectivity index (χ1n) is 8.28. The van der Waals surface area contributed by atoms with Crippen LogP contribution in [0.2, 0.25) is 0 Å². The van der Waals surface area contributed by atoms with E-state index in [1.807, 2.05) is 17.0 Å². The highest BCUT2D eigenvalue weighted by atomic mass is 16.4. The number of anilines is 1. The number of carbonyl (C=O) groups is 1. The molecule has 3 rings (SSSR count). The molecule has 0 aliphatic carbocycles. The molecule has 0 atom stereocenters. The minimum atomic E-state index is -0.762. The minimum Gasteiger partial charge on any atom is -0.480 e. The molecule has 2 aromatic rings. The molecule has 1 heterocycles. The van der Waals surface area contributed by atoms with Gasteiger partial charge in [-0.15, -0.1) is 0 Å². The van der Waals surface area contributed by atoms with Crippen molar-refractivity contribution in [2.75, 3.05) is 37.6 Å². The maximum Gasteiger partial charge on any atom is 0.317 e. The van der Waals surface area contributed by atoms with Crippen LogP contribution in [0, 0.1) is 0 Å². The molecule has 0 bridgehead atoms. The zero-order valence-electron chi connectivity index (χ0n) is 14.0. The Morgan fingerprint density at radius 1 is 1.00 bits per heavy atom. The number of hydrogen-bond donors (Lipinski definition) is 2. The van der Waals surface area contributed by atoms with E-state index in [4.69, 9.17) is 10.9 Å². The summed E-state index contributed by atoms with van der Waals surface area (Å²) in [6.07, 6.45) is 1.62. The molecule has 0 radical (unpaired) electrons. The lowest BCUT2D eigenvalue weighted by molar-refractivity contribution is -0.138. The number of piperazine rings is 1. The van der Waals surface area contributed by atoms with Crippen molar-refractivity contribution < 1.29 is 9.90 Å². The molecule has 0 spiro atoms. The Hall–Kier alpha value is -2.86. The van der Waals surface area contributed by atoms with Gasteiger partial charge in [-0.2, -0.15) is 5.10 Å². The van der Waals surface area contributed by atoms with Crippen molar-refractivity contribution in [3.8, 4) is 11.1 Å². The Morgan fingerprint density at radius 2 is 1.56 bits per heavy atom. The van der Waals surface area contributed by atoms with Crippen molar-refractivity contribution in [2.24, 2.45) is 10.9 Å². The van der Waals surface area contributed by atoms with Crippen LogP contribution in [0.25, 0.3) is 11.1 Å². The highest BCUT2D eigenvalue weighted by Crippen LogP contribution is 2.24. The SMILES string of the molecule is NN=Cc1ccc(-c2ccc(N3CCN(CC(=O)O)CC3)cc2)cc1. The molecule has 3 N–H and O–H groups in total. The van der Waals surface area contributed by atoms with Gasteiger partial charge in [0.2, 0.25) is 0 Å². The van der Waals surface area contributed by atoms with Crippen LogP contribution in [0.5, 0.6) is 0 Å². The molecule has 0 amide bonds. The first kappa shape index (κ1) is 17.0. The topological polar surface area (TPSA) is 82.2 Å². The fraction of sp³-hybridized carbons (Fsp3) is 0.263. The standard InChI is InChI=1S/C19H22N4O2/c20-21-13-15-1-3-16(4-2-15)17-5-7-18(8-6-17)23-11-9-22(10-12-23)14-19(24)25/h1-8,13H,9-12,14,20H2,(H,24,25). The second-order valence-electron chi connectivity index (χ2n) is 6.10. The molecular formula is C19H22N4O2. The Kier molecular flexibility index (Phi) is 5.30. The fourth-order valence-electron chi connectivity index (χ4n) is 3.07. The molecule has 0 unspecified atom stereocenters. The van der Waals surface area contributed by atoms with Crippen LogP contribution in [0.4, 0.5) is 5.69 Å². The van der Waals surface area contributed by atoms with Crippen LogP contribution in [0.3, 0.4) is 0 Å². The van der Waals surface area contributed by atoms with Gasteiger partial charge in [-0.3, -0.25) is 9.69 Å². The normalized spacial score (nSPS) is 15.6. The molecule has 0 saturated carbocycles. The number of rotatable bonds is 5. The zero-order chi connectivity index (χ0) is 17.6. The number of carboxylic acids is 1. The summed E-state index contributed by atoms with van der Waals surface area (Å²) in [6.45, 7) is 3.37. The van der Waals surface area contributed by atoms with Crippen LogP contribution >= 0.6 is 0 Å². The number of hydrogen-bond acceptors (Lipinski definition) is 5. The number of hydrazone groups is 1. The van der Waals surface area contributed by atoms with E-state index in [1.165, 1.54) is 5.69 Å². The predicted octanol–water partition coefficient (Wildman–Crippen LogP) is 1.85. The fourth-order valence-corrected chi connectivity index (χ4v) is 3.07. The molecule has 1 saturated heterocycles. The van der Waals surface area contributed by atoms with Gasteiger partial charge in [0.1, 0.15) is 0 Å². The first-order chi connectivity index (χ1) is 12.2. The lowest BCUT2D eigenvalue weighted by atomic mass is 10.0. The summed E-state index contributed by atoms with van der Waals surface area (Å²) >= 11 is 0. The van der Waals surface area contributed by atoms with E-state index in [9.17, 15) is 4.79 Å². The van der Waals surface area contributed by atoms with Crippen molar-refractivity contribution in [3.63, 3.8) is 0 Å². The summed E-state index contributed by atoms with van der Waals surface area (Å²) < 4.78 is 0. The molecule has 6 heteroatoms. The Balaban J connectivity index is 1.63. The monoisotopic (exact) mass is 338 g/mol. The molecule has 1 aliphatic heterocycles. The summed E-state index contributed by atoms with van der Waals surface area (Å²) in [4.78, 5) is 15.0. The molecule has 2 aromatic carbocycles. The molecule has 25 heavy (non-hydrogen) atoms. The number of aliphatic carboxylic acids is 1. The van der Waals surface area contributed by atoms with Crippen molar-refractivity contribution in [3.05, 3.63) is 54.1 Å². The van der Waals surface area contributed by atoms with Gasteiger partial charge < -0.3 is 15.8 Å². The zero-order valence-corrected chi connectivity index (χ0v) is 14.0. The van der Waals surface area contributed by atoms with Crippen LogP contribution in [-0.4, -0.2) is 54.9 Å². The number of nitrogens with zero attached hydrogens (tertiary/aromatic N) is 3. The lowest BCUT2D eigenvalue weighted by Gasteiger charge is -2.35. The van der Waals surface area contributed by atoms with Gasteiger partial charge in [0, 0.05) is 31.9 Å². The van der Waals surface area contributed by atoms with E-state index in [1.54, 1.807) is 6.21 Å². The molecular weight excluding hydrogens is 316 g/mol. The lowest BCUT2D eigenvalue weighted by Crippen LogP contribution is -2.47. The predicted molar refractivity (Wildman–Crippen MR) is 99.9 cm³/mol. The van der Waals surface area contributed by atoms with Gasteiger partial charge in [0.15, 0.2) is 0 Å². The third-order valence-electron chi connectivity index (χ3n) is 4.43. The largest absolute Gasteiger partial charge is 0.480 e. The average Bonchev–Trinajstić information content (AvgIpc) is 2.63. The second-order valence-corrected chi connectivity index (χ2v) is 6.10.